The van der Waals surface area contributed by atoms with Gasteiger partial charge in [0.15, 0.2) is 11.4 Å². The molecule has 2 heterocycles. The molecule has 0 spiro atoms. The Labute approximate surface area is 145 Å². The maximum Gasteiger partial charge on any atom is 0.322 e. The summed E-state index contributed by atoms with van der Waals surface area (Å²) in [5, 5.41) is 21.6. The van der Waals surface area contributed by atoms with Gasteiger partial charge >= 0.3 is 5.97 Å². The van der Waals surface area contributed by atoms with Crippen molar-refractivity contribution in [3.63, 3.8) is 0 Å². The number of thiophene rings is 1. The summed E-state index contributed by atoms with van der Waals surface area (Å²) >= 11 is 1.36. The number of aliphatic carboxylic acids is 1. The molecule has 25 heavy (non-hydrogen) atoms. The molecule has 0 bridgehead atoms. The molecular weight excluding hydrogens is 347 g/mol. The molecule has 3 rings (SSSR count). The fourth-order valence-electron chi connectivity index (χ4n) is 2.39. The smallest absolute Gasteiger partial charge is 0.322 e. The van der Waals surface area contributed by atoms with Crippen LogP contribution in [0, 0.1) is 12.7 Å². The highest BCUT2D eigenvalue weighted by Crippen LogP contribution is 2.40. The number of carbonyl (C=O) groups excluding carboxylic acids is 1. The lowest BCUT2D eigenvalue weighted by atomic mass is 10.1. The Balaban J connectivity index is 2.06. The van der Waals surface area contributed by atoms with Gasteiger partial charge in [-0.25, -0.2) is 9.37 Å². The van der Waals surface area contributed by atoms with Crippen molar-refractivity contribution in [2.24, 2.45) is 0 Å². The molecule has 0 unspecified atom stereocenters. The van der Waals surface area contributed by atoms with Crippen LogP contribution in [-0.4, -0.2) is 33.6 Å². The van der Waals surface area contributed by atoms with Crippen LogP contribution in [0.1, 0.15) is 16.2 Å². The summed E-state index contributed by atoms with van der Waals surface area (Å²) < 4.78 is 13.8. The first-order valence-corrected chi connectivity index (χ1v) is 8.07. The second kappa shape index (κ2) is 6.48. The van der Waals surface area contributed by atoms with Crippen molar-refractivity contribution in [3.05, 3.63) is 47.5 Å². The number of rotatable bonds is 4. The number of amides is 1. The van der Waals surface area contributed by atoms with E-state index in [9.17, 15) is 19.1 Å². The van der Waals surface area contributed by atoms with E-state index in [1.807, 2.05) is 0 Å². The van der Waals surface area contributed by atoms with Gasteiger partial charge in [0.25, 0.3) is 5.91 Å². The number of fused-ring (bicyclic) bond motifs is 1. The number of aryl methyl sites for hydroxylation is 1. The van der Waals surface area contributed by atoms with Crippen LogP contribution in [0.15, 0.2) is 30.3 Å². The molecule has 0 aliphatic heterocycles. The summed E-state index contributed by atoms with van der Waals surface area (Å²) in [6.07, 6.45) is 0. The lowest BCUT2D eigenvalue weighted by molar-refractivity contribution is -0.135. The van der Waals surface area contributed by atoms with E-state index in [1.165, 1.54) is 23.5 Å². The fraction of sp³-hybridized carbons (Fsp3) is 0.118. The summed E-state index contributed by atoms with van der Waals surface area (Å²) in [7, 11) is 0. The largest absolute Gasteiger partial charge is 0.505 e. The molecule has 1 aromatic carbocycles. The number of carboxylic acid groups (broad SMARTS) is 1. The second-order valence-corrected chi connectivity index (χ2v) is 6.38. The molecular formula is C17H13FN2O4S. The zero-order chi connectivity index (χ0) is 18.1. The number of benzene rings is 1. The summed E-state index contributed by atoms with van der Waals surface area (Å²) in [6.45, 7) is 1.13. The fourth-order valence-corrected chi connectivity index (χ4v) is 3.50. The summed E-state index contributed by atoms with van der Waals surface area (Å²) in [5.41, 5.74) is 1.08. The van der Waals surface area contributed by atoms with E-state index in [-0.39, 0.29) is 17.3 Å². The zero-order valence-corrected chi connectivity index (χ0v) is 13.9. The van der Waals surface area contributed by atoms with Crippen LogP contribution in [0.4, 0.5) is 4.39 Å². The predicted molar refractivity (Wildman–Crippen MR) is 91.4 cm³/mol. The van der Waals surface area contributed by atoms with Gasteiger partial charge in [-0.2, -0.15) is 0 Å². The predicted octanol–water partition coefficient (Wildman–Crippen LogP) is 2.93. The van der Waals surface area contributed by atoms with Crippen LogP contribution in [0.25, 0.3) is 20.5 Å². The second-order valence-electron chi connectivity index (χ2n) is 5.33. The van der Waals surface area contributed by atoms with E-state index in [1.54, 1.807) is 25.1 Å². The highest BCUT2D eigenvalue weighted by molar-refractivity contribution is 7.22. The number of pyridine rings is 1. The lowest BCUT2D eigenvalue weighted by Crippen LogP contribution is -2.30. The average Bonchev–Trinajstić information content (AvgIpc) is 3.03. The Hall–Kier alpha value is -3.00. The number of carboxylic acids is 1. The Bertz CT molecular complexity index is 982. The maximum absolute atomic E-state index is 13.1. The van der Waals surface area contributed by atoms with Crippen LogP contribution in [0.3, 0.4) is 0 Å². The molecule has 0 radical (unpaired) electrons. The van der Waals surface area contributed by atoms with Crippen molar-refractivity contribution in [2.45, 2.75) is 6.92 Å². The third-order valence-corrected chi connectivity index (χ3v) is 4.86. The third-order valence-electron chi connectivity index (χ3n) is 3.56. The standard InChI is InChI=1S/C17H13FN2O4S/c1-8-16-11(6-12(25-16)9-2-4-10(18)5-3-9)15(23)14(20-8)17(24)19-7-13(21)22/h2-6,23H,7H2,1H3,(H,19,24)(H,21,22). The van der Waals surface area contributed by atoms with Crippen molar-refractivity contribution < 1.29 is 24.2 Å². The van der Waals surface area contributed by atoms with E-state index in [4.69, 9.17) is 5.11 Å². The maximum atomic E-state index is 13.1. The topological polar surface area (TPSA) is 99.5 Å². The quantitative estimate of drug-likeness (QED) is 0.664. The first-order chi connectivity index (χ1) is 11.9. The molecule has 0 aliphatic rings. The van der Waals surface area contributed by atoms with Gasteiger partial charge in [-0.3, -0.25) is 9.59 Å². The number of aromatic hydroxyl groups is 1. The third kappa shape index (κ3) is 3.29. The molecule has 3 aromatic rings. The average molecular weight is 360 g/mol. The van der Waals surface area contributed by atoms with E-state index >= 15 is 0 Å². The van der Waals surface area contributed by atoms with Gasteiger partial charge in [0.05, 0.1) is 10.4 Å². The monoisotopic (exact) mass is 360 g/mol. The molecule has 0 saturated heterocycles. The molecule has 128 valence electrons. The van der Waals surface area contributed by atoms with Crippen LogP contribution in [0.2, 0.25) is 0 Å². The van der Waals surface area contributed by atoms with Crippen molar-refractivity contribution in [2.75, 3.05) is 6.54 Å². The molecule has 1 amide bonds. The van der Waals surface area contributed by atoms with Crippen LogP contribution in [-0.2, 0) is 4.79 Å². The number of halogens is 1. The molecule has 2 aromatic heterocycles. The van der Waals surface area contributed by atoms with E-state index in [0.29, 0.717) is 15.8 Å². The Morgan fingerprint density at radius 3 is 2.60 bits per heavy atom. The highest BCUT2D eigenvalue weighted by Gasteiger charge is 2.20. The molecule has 6 nitrogen and oxygen atoms in total. The van der Waals surface area contributed by atoms with E-state index in [0.717, 1.165) is 10.4 Å². The van der Waals surface area contributed by atoms with Crippen molar-refractivity contribution in [1.82, 2.24) is 10.3 Å². The minimum absolute atomic E-state index is 0.227. The number of aromatic nitrogens is 1. The van der Waals surface area contributed by atoms with Gasteiger partial charge in [0, 0.05) is 10.3 Å². The van der Waals surface area contributed by atoms with Gasteiger partial charge in [-0.05, 0) is 30.7 Å². The first-order valence-electron chi connectivity index (χ1n) is 7.26. The van der Waals surface area contributed by atoms with Crippen LogP contribution in [0.5, 0.6) is 5.75 Å². The minimum Gasteiger partial charge on any atom is -0.505 e. The highest BCUT2D eigenvalue weighted by atomic mass is 32.1. The van der Waals surface area contributed by atoms with Crippen molar-refractivity contribution in [3.8, 4) is 16.2 Å². The molecule has 0 fully saturated rings. The Morgan fingerprint density at radius 2 is 1.96 bits per heavy atom. The number of nitrogens with zero attached hydrogens (tertiary/aromatic N) is 1. The van der Waals surface area contributed by atoms with Gasteiger partial charge in [0.1, 0.15) is 12.4 Å². The number of hydrogen-bond acceptors (Lipinski definition) is 5. The van der Waals surface area contributed by atoms with E-state index in [2.05, 4.69) is 10.3 Å². The number of carbonyl (C=O) groups is 2. The summed E-state index contributed by atoms with van der Waals surface area (Å²) in [5.74, 6) is -2.62. The van der Waals surface area contributed by atoms with Gasteiger partial charge in [0.2, 0.25) is 0 Å². The summed E-state index contributed by atoms with van der Waals surface area (Å²) in [4.78, 5) is 27.5. The SMILES string of the molecule is Cc1nc(C(=O)NCC(=O)O)c(O)c2cc(-c3ccc(F)cc3)sc12. The van der Waals surface area contributed by atoms with Crippen LogP contribution >= 0.6 is 11.3 Å². The Kier molecular flexibility index (Phi) is 4.37. The summed E-state index contributed by atoms with van der Waals surface area (Å²) in [6, 6.07) is 7.64. The molecule has 8 heteroatoms. The van der Waals surface area contributed by atoms with Gasteiger partial charge < -0.3 is 15.5 Å². The van der Waals surface area contributed by atoms with Gasteiger partial charge in [-0.1, -0.05) is 12.1 Å². The normalized spacial score (nSPS) is 10.8. The zero-order valence-electron chi connectivity index (χ0n) is 13.0. The first kappa shape index (κ1) is 16.8. The van der Waals surface area contributed by atoms with Crippen molar-refractivity contribution in [1.29, 1.82) is 0 Å². The van der Waals surface area contributed by atoms with Crippen LogP contribution < -0.4 is 5.32 Å². The number of nitrogens with one attached hydrogen (secondary N) is 1. The molecule has 0 atom stereocenters. The van der Waals surface area contributed by atoms with E-state index < -0.39 is 18.4 Å². The van der Waals surface area contributed by atoms with Crippen molar-refractivity contribution >= 4 is 33.3 Å². The molecule has 0 saturated carbocycles. The number of hydrogen-bond donors (Lipinski definition) is 3. The van der Waals surface area contributed by atoms with Gasteiger partial charge in [-0.15, -0.1) is 11.3 Å². The molecule has 0 aliphatic carbocycles. The lowest BCUT2D eigenvalue weighted by Gasteiger charge is -2.06. The Morgan fingerprint density at radius 1 is 1.28 bits per heavy atom. The molecule has 3 N–H and O–H groups in total. The minimum atomic E-state index is -1.19.